The molecule has 0 radical (unpaired) electrons. The van der Waals surface area contributed by atoms with Gasteiger partial charge in [0.05, 0.1) is 18.3 Å². The number of allylic oxidation sites excluding steroid dienone is 1. The quantitative estimate of drug-likeness (QED) is 0.171. The predicted molar refractivity (Wildman–Crippen MR) is 135 cm³/mol. The molecule has 1 aliphatic carbocycles. The van der Waals surface area contributed by atoms with Crippen molar-refractivity contribution in [2.75, 3.05) is 23.4 Å². The van der Waals surface area contributed by atoms with Gasteiger partial charge in [0, 0.05) is 16.7 Å². The van der Waals surface area contributed by atoms with Gasteiger partial charge < -0.3 is 14.9 Å². The van der Waals surface area contributed by atoms with E-state index in [4.69, 9.17) is 4.74 Å². The topological polar surface area (TPSA) is 49.7 Å². The molecule has 3 nitrogen and oxygen atoms in total. The van der Waals surface area contributed by atoms with Gasteiger partial charge in [-0.25, -0.2) is 4.39 Å². The summed E-state index contributed by atoms with van der Waals surface area (Å²) in [6, 6.07) is 4.58. The fourth-order valence-electron chi connectivity index (χ4n) is 5.17. The molecule has 1 aromatic carbocycles. The molecule has 3 unspecified atom stereocenters. The van der Waals surface area contributed by atoms with E-state index in [2.05, 4.69) is 22.0 Å². The summed E-state index contributed by atoms with van der Waals surface area (Å²) in [6.45, 7) is 4.16. The summed E-state index contributed by atoms with van der Waals surface area (Å²) < 4.78 is 20.7. The lowest BCUT2D eigenvalue weighted by atomic mass is 9.58. The van der Waals surface area contributed by atoms with Crippen LogP contribution in [0.25, 0.3) is 0 Å². The third-order valence-corrected chi connectivity index (χ3v) is 9.15. The third-order valence-electron chi connectivity index (χ3n) is 7.44. The van der Waals surface area contributed by atoms with Crippen molar-refractivity contribution in [2.45, 2.75) is 76.9 Å². The van der Waals surface area contributed by atoms with Crippen molar-refractivity contribution >= 4 is 27.7 Å². The minimum atomic E-state index is -0.614. The van der Waals surface area contributed by atoms with E-state index in [1.165, 1.54) is 49.1 Å². The number of fused-ring (bicyclic) bond motifs is 2. The maximum Gasteiger partial charge on any atom is 0.165 e. The van der Waals surface area contributed by atoms with Crippen LogP contribution in [0.5, 0.6) is 5.75 Å². The van der Waals surface area contributed by atoms with Crippen LogP contribution in [0.2, 0.25) is 0 Å². The molecule has 2 bridgehead atoms. The highest BCUT2D eigenvalue weighted by atomic mass is 79.9. The fraction of sp³-hybridized carbons (Fsp3) is 0.692. The number of phenols is 1. The Morgan fingerprint density at radius 2 is 1.91 bits per heavy atom. The highest BCUT2D eigenvalue weighted by Gasteiger charge is 2.55. The second kappa shape index (κ2) is 11.7. The number of aliphatic hydroxyl groups excluding tert-OH is 1. The Kier molecular flexibility index (Phi) is 9.54. The molecule has 1 fully saturated rings. The summed E-state index contributed by atoms with van der Waals surface area (Å²) in [5.74, 6) is 1.56. The second-order valence-corrected chi connectivity index (χ2v) is 11.8. The van der Waals surface area contributed by atoms with Gasteiger partial charge in [-0.2, -0.15) is 11.8 Å². The zero-order chi connectivity index (χ0) is 23.2. The van der Waals surface area contributed by atoms with Gasteiger partial charge in [-0.05, 0) is 81.6 Å². The Labute approximate surface area is 205 Å². The van der Waals surface area contributed by atoms with E-state index in [0.29, 0.717) is 0 Å². The van der Waals surface area contributed by atoms with Gasteiger partial charge in [0.15, 0.2) is 11.6 Å². The summed E-state index contributed by atoms with van der Waals surface area (Å²) in [4.78, 5) is 0. The molecule has 1 aromatic rings. The first-order valence-electron chi connectivity index (χ1n) is 11.9. The molecule has 0 saturated carbocycles. The molecular weight excluding hydrogens is 491 g/mol. The number of alkyl halides is 1. The summed E-state index contributed by atoms with van der Waals surface area (Å²) in [5.41, 5.74) is 1.30. The largest absolute Gasteiger partial charge is 0.505 e. The summed E-state index contributed by atoms with van der Waals surface area (Å²) >= 11 is 5.53. The van der Waals surface area contributed by atoms with Crippen LogP contribution in [0.1, 0.15) is 76.9 Å². The standard InChI is InChI=1S/C26H38BrFO3S/c1-25(2)26(18-29)12-11-19(8-7-15-32-14-6-4-3-5-13-27)21(17-26)24(31-25)20-9-10-23(30)22(28)16-20/h9-11,16,21,24,29-30H,3-8,12-15,17-18H2,1-2H3. The number of unbranched alkanes of at least 4 members (excludes halogenated alkanes) is 3. The number of phenolic OH excluding ortho intramolecular Hbond substituents is 1. The van der Waals surface area contributed by atoms with Gasteiger partial charge >= 0.3 is 0 Å². The Bertz CT molecular complexity index is 784. The number of hydrogen-bond donors (Lipinski definition) is 2. The highest BCUT2D eigenvalue weighted by molar-refractivity contribution is 9.09. The van der Waals surface area contributed by atoms with Gasteiger partial charge in [0.25, 0.3) is 0 Å². The van der Waals surface area contributed by atoms with E-state index in [1.807, 2.05) is 25.6 Å². The number of benzene rings is 1. The molecule has 1 heterocycles. The number of halogens is 2. The van der Waals surface area contributed by atoms with Gasteiger partial charge in [0.1, 0.15) is 0 Å². The van der Waals surface area contributed by atoms with Crippen LogP contribution in [0.3, 0.4) is 0 Å². The van der Waals surface area contributed by atoms with Crippen LogP contribution in [0, 0.1) is 17.2 Å². The Balaban J connectivity index is 1.64. The summed E-state index contributed by atoms with van der Waals surface area (Å²) in [5, 5.41) is 21.0. The molecule has 1 aliphatic heterocycles. The lowest BCUT2D eigenvalue weighted by molar-refractivity contribution is -0.223. The SMILES string of the molecule is CC1(C)OC(c2ccc(O)c(F)c2)C2CC1(CO)CC=C2CCCSCCCCCCBr. The first-order chi connectivity index (χ1) is 15.3. The van der Waals surface area contributed by atoms with Crippen LogP contribution >= 0.6 is 27.7 Å². The van der Waals surface area contributed by atoms with Gasteiger partial charge in [-0.1, -0.05) is 46.5 Å². The number of aliphatic hydroxyl groups is 1. The lowest BCUT2D eigenvalue weighted by Gasteiger charge is -2.57. The van der Waals surface area contributed by atoms with Crippen LogP contribution in [-0.2, 0) is 4.74 Å². The van der Waals surface area contributed by atoms with Gasteiger partial charge in [-0.3, -0.25) is 0 Å². The molecule has 0 amide bonds. The zero-order valence-corrected chi connectivity index (χ0v) is 21.8. The van der Waals surface area contributed by atoms with Crippen molar-refractivity contribution in [3.8, 4) is 5.75 Å². The molecular formula is C26H38BrFO3S. The van der Waals surface area contributed by atoms with Crippen molar-refractivity contribution in [2.24, 2.45) is 11.3 Å². The molecule has 32 heavy (non-hydrogen) atoms. The maximum absolute atomic E-state index is 14.1. The molecule has 2 aliphatic rings. The van der Waals surface area contributed by atoms with Gasteiger partial charge in [-0.15, -0.1) is 0 Å². The fourth-order valence-corrected chi connectivity index (χ4v) is 6.53. The molecule has 180 valence electrons. The molecule has 3 rings (SSSR count). The van der Waals surface area contributed by atoms with Crippen molar-refractivity contribution in [3.63, 3.8) is 0 Å². The van der Waals surface area contributed by atoms with Crippen LogP contribution < -0.4 is 0 Å². The molecule has 3 atom stereocenters. The minimum Gasteiger partial charge on any atom is -0.505 e. The van der Waals surface area contributed by atoms with Crippen LogP contribution in [0.4, 0.5) is 4.39 Å². The molecule has 0 spiro atoms. The summed E-state index contributed by atoms with van der Waals surface area (Å²) in [6.07, 6.45) is 11.0. The molecule has 2 N–H and O–H groups in total. The second-order valence-electron chi connectivity index (χ2n) is 9.81. The van der Waals surface area contributed by atoms with E-state index in [1.54, 1.807) is 6.07 Å². The third kappa shape index (κ3) is 5.92. The van der Waals surface area contributed by atoms with Crippen LogP contribution in [0.15, 0.2) is 29.8 Å². The van der Waals surface area contributed by atoms with E-state index in [0.717, 1.165) is 42.3 Å². The average Bonchev–Trinajstić information content (AvgIpc) is 2.78. The predicted octanol–water partition coefficient (Wildman–Crippen LogP) is 7.17. The highest BCUT2D eigenvalue weighted by Crippen LogP contribution is 2.58. The molecule has 0 aromatic heterocycles. The number of thioether (sulfide) groups is 1. The molecule has 6 heteroatoms. The Morgan fingerprint density at radius 1 is 1.16 bits per heavy atom. The van der Waals surface area contributed by atoms with E-state index in [-0.39, 0.29) is 29.8 Å². The van der Waals surface area contributed by atoms with E-state index < -0.39 is 11.4 Å². The van der Waals surface area contributed by atoms with Crippen LogP contribution in [-0.4, -0.2) is 39.3 Å². The Hall–Kier alpha value is -0.560. The summed E-state index contributed by atoms with van der Waals surface area (Å²) in [7, 11) is 0. The number of rotatable bonds is 12. The van der Waals surface area contributed by atoms with Crippen molar-refractivity contribution in [1.29, 1.82) is 0 Å². The van der Waals surface area contributed by atoms with E-state index in [9.17, 15) is 14.6 Å². The molecule has 1 saturated heterocycles. The smallest absolute Gasteiger partial charge is 0.165 e. The maximum atomic E-state index is 14.1. The minimum absolute atomic E-state index is 0.0852. The normalized spacial score (nSPS) is 26.7. The monoisotopic (exact) mass is 528 g/mol. The number of ether oxygens (including phenoxy) is 1. The first kappa shape index (κ1) is 26.1. The Morgan fingerprint density at radius 3 is 2.62 bits per heavy atom. The average molecular weight is 530 g/mol. The van der Waals surface area contributed by atoms with Crippen molar-refractivity contribution in [3.05, 3.63) is 41.2 Å². The zero-order valence-electron chi connectivity index (χ0n) is 19.4. The van der Waals surface area contributed by atoms with Crippen molar-refractivity contribution in [1.82, 2.24) is 0 Å². The number of hydrogen-bond acceptors (Lipinski definition) is 4. The van der Waals surface area contributed by atoms with Gasteiger partial charge in [0.2, 0.25) is 0 Å². The lowest BCUT2D eigenvalue weighted by Crippen LogP contribution is -2.56. The van der Waals surface area contributed by atoms with E-state index >= 15 is 0 Å². The van der Waals surface area contributed by atoms with Crippen molar-refractivity contribution < 1.29 is 19.3 Å². The number of aromatic hydroxyl groups is 1. The first-order valence-corrected chi connectivity index (χ1v) is 14.2.